The van der Waals surface area contributed by atoms with Crippen molar-refractivity contribution in [1.29, 1.82) is 0 Å². The summed E-state index contributed by atoms with van der Waals surface area (Å²) in [5.74, 6) is -1.36. The molecule has 2 heterocycles. The lowest BCUT2D eigenvalue weighted by atomic mass is 9.96. The summed E-state index contributed by atoms with van der Waals surface area (Å²) in [5, 5.41) is 17.0. The van der Waals surface area contributed by atoms with Gasteiger partial charge in [-0.2, -0.15) is 13.2 Å². The number of hydrogen-bond acceptors (Lipinski definition) is 3. The fourth-order valence-corrected chi connectivity index (χ4v) is 3.01. The molecule has 0 fully saturated rings. The largest absolute Gasteiger partial charge is 0.508 e. The molecule has 0 bridgehead atoms. The Morgan fingerprint density at radius 1 is 1.24 bits per heavy atom. The van der Waals surface area contributed by atoms with E-state index in [9.17, 15) is 18.3 Å². The molecule has 1 aliphatic rings. The minimum absolute atomic E-state index is 0.00913. The summed E-state index contributed by atoms with van der Waals surface area (Å²) in [4.78, 5) is 0. The zero-order valence-electron chi connectivity index (χ0n) is 10.3. The number of aromatic nitrogens is 3. The van der Waals surface area contributed by atoms with Crippen LogP contribution in [0.3, 0.4) is 0 Å². The zero-order chi connectivity index (χ0) is 15.4. The minimum Gasteiger partial charge on any atom is -0.508 e. The number of fused-ring (bicyclic) bond motifs is 1. The van der Waals surface area contributed by atoms with Crippen molar-refractivity contribution in [2.45, 2.75) is 25.1 Å². The smallest absolute Gasteiger partial charge is 0.451 e. The average molecular weight is 338 g/mol. The van der Waals surface area contributed by atoms with E-state index in [1.54, 1.807) is 0 Å². The highest BCUT2D eigenvalue weighted by Crippen LogP contribution is 2.43. The van der Waals surface area contributed by atoms with Gasteiger partial charge in [0.15, 0.2) is 0 Å². The van der Waals surface area contributed by atoms with Gasteiger partial charge in [-0.25, -0.2) is 0 Å². The Balaban J connectivity index is 2.00. The predicted octanol–water partition coefficient (Wildman–Crippen LogP) is 3.65. The monoisotopic (exact) mass is 337 g/mol. The topological polar surface area (TPSA) is 50.9 Å². The van der Waals surface area contributed by atoms with E-state index >= 15 is 0 Å². The third kappa shape index (κ3) is 2.34. The van der Waals surface area contributed by atoms with E-state index in [-0.39, 0.29) is 34.6 Å². The van der Waals surface area contributed by atoms with Crippen LogP contribution in [0, 0.1) is 0 Å². The summed E-state index contributed by atoms with van der Waals surface area (Å²) in [5.41, 5.74) is 0.336. The first kappa shape index (κ1) is 14.5. The molecule has 0 spiro atoms. The molecule has 0 aliphatic carbocycles. The van der Waals surface area contributed by atoms with E-state index in [0.29, 0.717) is 5.56 Å². The molecule has 4 nitrogen and oxygen atoms in total. The number of alkyl halides is 3. The van der Waals surface area contributed by atoms with Gasteiger partial charge in [0.2, 0.25) is 5.82 Å². The van der Waals surface area contributed by atoms with E-state index in [4.69, 9.17) is 23.2 Å². The maximum absolute atomic E-state index is 12.8. The molecule has 1 aromatic heterocycles. The Hall–Kier alpha value is -1.47. The highest BCUT2D eigenvalue weighted by molar-refractivity contribution is 6.42. The molecule has 2 aromatic rings. The summed E-state index contributed by atoms with van der Waals surface area (Å²) in [7, 11) is 0. The third-order valence-electron chi connectivity index (χ3n) is 3.43. The van der Waals surface area contributed by atoms with Gasteiger partial charge in [0.1, 0.15) is 11.6 Å². The normalized spacial score (nSPS) is 18.0. The Bertz CT molecular complexity index is 715. The predicted molar refractivity (Wildman–Crippen MR) is 69.6 cm³/mol. The number of hydrogen-bond donors (Lipinski definition) is 1. The Labute approximate surface area is 127 Å². The quantitative estimate of drug-likeness (QED) is 0.864. The maximum atomic E-state index is 12.8. The molecule has 9 heteroatoms. The van der Waals surface area contributed by atoms with Crippen LogP contribution >= 0.6 is 23.2 Å². The van der Waals surface area contributed by atoms with E-state index < -0.39 is 17.9 Å². The van der Waals surface area contributed by atoms with Gasteiger partial charge in [-0.3, -0.25) is 0 Å². The first-order valence-corrected chi connectivity index (χ1v) is 6.70. The number of benzene rings is 1. The summed E-state index contributed by atoms with van der Waals surface area (Å²) < 4.78 is 39.4. The minimum atomic E-state index is -4.57. The first-order valence-electron chi connectivity index (χ1n) is 5.95. The van der Waals surface area contributed by atoms with E-state index in [1.807, 2.05) is 0 Å². The van der Waals surface area contributed by atoms with Crippen LogP contribution < -0.4 is 0 Å². The van der Waals surface area contributed by atoms with Gasteiger partial charge in [-0.1, -0.05) is 23.2 Å². The van der Waals surface area contributed by atoms with E-state index in [0.717, 1.165) is 4.57 Å². The summed E-state index contributed by atoms with van der Waals surface area (Å²) in [6.45, 7) is -0.00913. The summed E-state index contributed by atoms with van der Waals surface area (Å²) in [6.07, 6.45) is -4.36. The van der Waals surface area contributed by atoms with Crippen molar-refractivity contribution < 1.29 is 18.3 Å². The van der Waals surface area contributed by atoms with Gasteiger partial charge >= 0.3 is 6.18 Å². The van der Waals surface area contributed by atoms with Crippen LogP contribution in [0.2, 0.25) is 10.0 Å². The SMILES string of the molecule is Oc1ccc(Cl)c(Cl)c1[C@@H]1Cc2nnc(C(F)(F)F)n2C1. The van der Waals surface area contributed by atoms with Gasteiger partial charge < -0.3 is 9.67 Å². The standard InChI is InChI=1S/C12H8Cl2F3N3O/c13-6-1-2-7(21)9(10(6)14)5-3-8-18-19-11(12(15,16)17)20(8)4-5/h1-2,5,21H,3-4H2/t5-/m1/s1. The summed E-state index contributed by atoms with van der Waals surface area (Å²) in [6, 6.07) is 2.80. The number of aromatic hydroxyl groups is 1. The molecule has 21 heavy (non-hydrogen) atoms. The molecule has 0 saturated heterocycles. The number of rotatable bonds is 1. The maximum Gasteiger partial charge on any atom is 0.451 e. The Morgan fingerprint density at radius 3 is 2.62 bits per heavy atom. The second kappa shape index (κ2) is 4.78. The first-order chi connectivity index (χ1) is 9.79. The molecular weight excluding hydrogens is 330 g/mol. The van der Waals surface area contributed by atoms with Crippen LogP contribution in [-0.2, 0) is 19.1 Å². The van der Waals surface area contributed by atoms with Gasteiger partial charge in [0.05, 0.1) is 10.0 Å². The molecule has 0 amide bonds. The zero-order valence-corrected chi connectivity index (χ0v) is 11.8. The van der Waals surface area contributed by atoms with E-state index in [2.05, 4.69) is 10.2 Å². The van der Waals surface area contributed by atoms with Crippen molar-refractivity contribution in [2.75, 3.05) is 0 Å². The summed E-state index contributed by atoms with van der Waals surface area (Å²) >= 11 is 12.0. The lowest BCUT2D eigenvalue weighted by Gasteiger charge is -2.15. The van der Waals surface area contributed by atoms with Gasteiger partial charge in [-0.15, -0.1) is 10.2 Å². The average Bonchev–Trinajstić information content (AvgIpc) is 2.92. The molecule has 1 aromatic carbocycles. The molecule has 3 rings (SSSR count). The van der Waals surface area contributed by atoms with Crippen LogP contribution in [-0.4, -0.2) is 19.9 Å². The van der Waals surface area contributed by atoms with Crippen LogP contribution in [0.15, 0.2) is 12.1 Å². The van der Waals surface area contributed by atoms with Crippen LogP contribution in [0.25, 0.3) is 0 Å². The van der Waals surface area contributed by atoms with E-state index in [1.165, 1.54) is 12.1 Å². The van der Waals surface area contributed by atoms with Gasteiger partial charge in [-0.05, 0) is 12.1 Å². The lowest BCUT2D eigenvalue weighted by Crippen LogP contribution is -2.15. The number of phenolic OH excluding ortho intramolecular Hbond substituents is 1. The van der Waals surface area contributed by atoms with Crippen molar-refractivity contribution >= 4 is 23.2 Å². The van der Waals surface area contributed by atoms with Crippen molar-refractivity contribution in [3.63, 3.8) is 0 Å². The molecule has 1 N–H and O–H groups in total. The third-order valence-corrected chi connectivity index (χ3v) is 4.25. The number of phenols is 1. The fourth-order valence-electron chi connectivity index (χ4n) is 2.53. The fraction of sp³-hybridized carbons (Fsp3) is 0.333. The van der Waals surface area contributed by atoms with Crippen molar-refractivity contribution in [3.8, 4) is 5.75 Å². The Kier molecular flexibility index (Phi) is 3.29. The molecule has 0 unspecified atom stereocenters. The highest BCUT2D eigenvalue weighted by atomic mass is 35.5. The second-order valence-corrected chi connectivity index (χ2v) is 5.53. The van der Waals surface area contributed by atoms with Gasteiger partial charge in [0, 0.05) is 24.4 Å². The second-order valence-electron chi connectivity index (χ2n) is 4.74. The number of halogens is 5. The molecule has 0 saturated carbocycles. The molecule has 112 valence electrons. The highest BCUT2D eigenvalue weighted by Gasteiger charge is 2.41. The molecular formula is C12H8Cl2F3N3O. The van der Waals surface area contributed by atoms with Crippen LogP contribution in [0.1, 0.15) is 23.1 Å². The van der Waals surface area contributed by atoms with Crippen molar-refractivity contribution in [2.24, 2.45) is 0 Å². The lowest BCUT2D eigenvalue weighted by molar-refractivity contribution is -0.147. The molecule has 1 aliphatic heterocycles. The number of nitrogens with zero attached hydrogens (tertiary/aromatic N) is 3. The van der Waals surface area contributed by atoms with Gasteiger partial charge in [0.25, 0.3) is 0 Å². The molecule has 0 radical (unpaired) electrons. The van der Waals surface area contributed by atoms with Crippen LogP contribution in [0.5, 0.6) is 5.75 Å². The van der Waals surface area contributed by atoms with Crippen molar-refractivity contribution in [3.05, 3.63) is 39.4 Å². The molecule has 1 atom stereocenters. The van der Waals surface area contributed by atoms with Crippen molar-refractivity contribution in [1.82, 2.24) is 14.8 Å². The Morgan fingerprint density at radius 2 is 1.95 bits per heavy atom. The van der Waals surface area contributed by atoms with Crippen LogP contribution in [0.4, 0.5) is 13.2 Å².